The SMILES string of the molecule is C=CC(=O)OC(CCC)[N+](C)(C)C.COS(=O)(=O)[O-]. The van der Waals surface area contributed by atoms with E-state index in [0.717, 1.165) is 20.0 Å². The highest BCUT2D eigenvalue weighted by molar-refractivity contribution is 7.80. The van der Waals surface area contributed by atoms with Crippen LogP contribution in [0.5, 0.6) is 0 Å². The Morgan fingerprint density at radius 3 is 2.05 bits per heavy atom. The predicted molar refractivity (Wildman–Crippen MR) is 69.7 cm³/mol. The fraction of sp³-hybridized carbons (Fsp3) is 0.727. The van der Waals surface area contributed by atoms with Crippen LogP contribution in [0.4, 0.5) is 0 Å². The van der Waals surface area contributed by atoms with Crippen molar-refractivity contribution in [3.05, 3.63) is 12.7 Å². The number of rotatable bonds is 6. The van der Waals surface area contributed by atoms with Crippen LogP contribution < -0.4 is 0 Å². The van der Waals surface area contributed by atoms with Gasteiger partial charge in [0.1, 0.15) is 0 Å². The second-order valence-corrected chi connectivity index (χ2v) is 5.73. The van der Waals surface area contributed by atoms with Crippen molar-refractivity contribution in [2.24, 2.45) is 0 Å². The van der Waals surface area contributed by atoms with Crippen molar-refractivity contribution < 1.29 is 31.2 Å². The Kier molecular flexibility index (Phi) is 9.67. The van der Waals surface area contributed by atoms with Crippen molar-refractivity contribution in [1.82, 2.24) is 0 Å². The van der Waals surface area contributed by atoms with Crippen LogP contribution in [0.25, 0.3) is 0 Å². The lowest BCUT2D eigenvalue weighted by Gasteiger charge is -2.32. The summed E-state index contributed by atoms with van der Waals surface area (Å²) in [4.78, 5) is 11.0. The summed E-state index contributed by atoms with van der Waals surface area (Å²) < 4.78 is 36.9. The number of hydrogen-bond donors (Lipinski definition) is 0. The Hall–Kier alpha value is -0.960. The molecular formula is C11H23NO6S. The fourth-order valence-corrected chi connectivity index (χ4v) is 1.03. The summed E-state index contributed by atoms with van der Waals surface area (Å²) in [5.74, 6) is -0.341. The molecule has 0 saturated heterocycles. The van der Waals surface area contributed by atoms with E-state index in [1.807, 2.05) is 21.1 Å². The maximum Gasteiger partial charge on any atom is 0.334 e. The zero-order chi connectivity index (χ0) is 15.7. The lowest BCUT2D eigenvalue weighted by molar-refractivity contribution is -0.917. The van der Waals surface area contributed by atoms with E-state index in [0.29, 0.717) is 4.48 Å². The zero-order valence-corrected chi connectivity index (χ0v) is 12.9. The minimum atomic E-state index is -4.41. The summed E-state index contributed by atoms with van der Waals surface area (Å²) in [7, 11) is 2.43. The summed E-state index contributed by atoms with van der Waals surface area (Å²) >= 11 is 0. The highest BCUT2D eigenvalue weighted by Gasteiger charge is 2.25. The molecule has 1 unspecified atom stereocenters. The van der Waals surface area contributed by atoms with Crippen LogP contribution >= 0.6 is 0 Å². The Morgan fingerprint density at radius 1 is 1.42 bits per heavy atom. The first-order chi connectivity index (χ1) is 8.47. The second-order valence-electron chi connectivity index (χ2n) is 4.58. The molecule has 0 saturated carbocycles. The van der Waals surface area contributed by atoms with E-state index in [1.165, 1.54) is 6.08 Å². The minimum Gasteiger partial charge on any atom is -0.726 e. The number of quaternary nitrogens is 1. The summed E-state index contributed by atoms with van der Waals surface area (Å²) in [6, 6.07) is 0. The molecule has 0 bridgehead atoms. The summed E-state index contributed by atoms with van der Waals surface area (Å²) in [5, 5.41) is 0. The largest absolute Gasteiger partial charge is 0.726 e. The molecule has 8 heteroatoms. The molecule has 0 spiro atoms. The van der Waals surface area contributed by atoms with E-state index in [-0.39, 0.29) is 12.2 Å². The smallest absolute Gasteiger partial charge is 0.334 e. The highest BCUT2D eigenvalue weighted by Crippen LogP contribution is 2.11. The molecule has 0 radical (unpaired) electrons. The average molecular weight is 297 g/mol. The monoisotopic (exact) mass is 297 g/mol. The molecule has 0 rings (SSSR count). The molecule has 0 amide bonds. The van der Waals surface area contributed by atoms with Gasteiger partial charge in [0.05, 0.1) is 28.3 Å². The van der Waals surface area contributed by atoms with Crippen molar-refractivity contribution in [2.45, 2.75) is 26.0 Å². The molecular weight excluding hydrogens is 274 g/mol. The van der Waals surface area contributed by atoms with Crippen LogP contribution in [-0.2, 0) is 24.1 Å². The number of hydrogen-bond acceptors (Lipinski definition) is 6. The second kappa shape index (κ2) is 9.03. The molecule has 0 aromatic carbocycles. The van der Waals surface area contributed by atoms with Gasteiger partial charge in [-0.2, -0.15) is 0 Å². The molecule has 0 N–H and O–H groups in total. The third-order valence-electron chi connectivity index (χ3n) is 2.02. The van der Waals surface area contributed by atoms with Crippen LogP contribution in [0.1, 0.15) is 19.8 Å². The van der Waals surface area contributed by atoms with Gasteiger partial charge in [-0.25, -0.2) is 13.2 Å². The van der Waals surface area contributed by atoms with Crippen LogP contribution in [0.15, 0.2) is 12.7 Å². The van der Waals surface area contributed by atoms with Crippen LogP contribution in [-0.4, -0.2) is 57.9 Å². The Labute approximate surface area is 115 Å². The molecule has 0 aliphatic heterocycles. The fourth-order valence-electron chi connectivity index (χ4n) is 1.03. The van der Waals surface area contributed by atoms with E-state index in [4.69, 9.17) is 4.74 Å². The Morgan fingerprint density at radius 2 is 1.84 bits per heavy atom. The van der Waals surface area contributed by atoms with Crippen molar-refractivity contribution in [1.29, 1.82) is 0 Å². The molecule has 0 aromatic rings. The molecule has 1 atom stereocenters. The van der Waals surface area contributed by atoms with Crippen LogP contribution in [0, 0.1) is 0 Å². The van der Waals surface area contributed by atoms with Crippen molar-refractivity contribution >= 4 is 16.4 Å². The van der Waals surface area contributed by atoms with Crippen LogP contribution in [0.2, 0.25) is 0 Å². The summed E-state index contributed by atoms with van der Waals surface area (Å²) in [6.07, 6.45) is 3.02. The van der Waals surface area contributed by atoms with Crippen molar-refractivity contribution in [3.8, 4) is 0 Å². The van der Waals surface area contributed by atoms with E-state index < -0.39 is 10.4 Å². The van der Waals surface area contributed by atoms with Gasteiger partial charge in [0.25, 0.3) is 0 Å². The topological polar surface area (TPSA) is 92.7 Å². The van der Waals surface area contributed by atoms with E-state index in [2.05, 4.69) is 17.7 Å². The van der Waals surface area contributed by atoms with Gasteiger partial charge in [0, 0.05) is 12.5 Å². The summed E-state index contributed by atoms with van der Waals surface area (Å²) in [5.41, 5.74) is 0. The first-order valence-corrected chi connectivity index (χ1v) is 6.96. The third-order valence-corrected chi connectivity index (χ3v) is 2.43. The molecule has 0 heterocycles. The lowest BCUT2D eigenvalue weighted by atomic mass is 10.2. The van der Waals surface area contributed by atoms with Gasteiger partial charge < -0.3 is 9.29 Å². The molecule has 7 nitrogen and oxygen atoms in total. The first-order valence-electron chi connectivity index (χ1n) is 5.63. The van der Waals surface area contributed by atoms with E-state index >= 15 is 0 Å². The van der Waals surface area contributed by atoms with Gasteiger partial charge in [0.15, 0.2) is 0 Å². The highest BCUT2D eigenvalue weighted by atomic mass is 32.3. The first kappa shape index (κ1) is 20.4. The maximum absolute atomic E-state index is 11.0. The molecule has 0 aromatic heterocycles. The number of ether oxygens (including phenoxy) is 1. The quantitative estimate of drug-likeness (QED) is 0.178. The molecule has 114 valence electrons. The normalized spacial score (nSPS) is 12.9. The Bertz CT molecular complexity index is 371. The van der Waals surface area contributed by atoms with Gasteiger partial charge in [-0.3, -0.25) is 8.67 Å². The number of esters is 1. The Balaban J connectivity index is 0. The van der Waals surface area contributed by atoms with E-state index in [1.54, 1.807) is 0 Å². The van der Waals surface area contributed by atoms with Gasteiger partial charge in [0.2, 0.25) is 16.6 Å². The molecule has 0 aliphatic carbocycles. The van der Waals surface area contributed by atoms with Crippen molar-refractivity contribution in [2.75, 3.05) is 28.3 Å². The molecule has 19 heavy (non-hydrogen) atoms. The average Bonchev–Trinajstić information content (AvgIpc) is 2.27. The third kappa shape index (κ3) is 13.3. The molecule has 0 fully saturated rings. The summed E-state index contributed by atoms with van der Waals surface area (Å²) in [6.45, 7) is 5.45. The standard InChI is InChI=1S/C10H20NO2.CH4O4S/c1-6-8-9(11(3,4)5)13-10(12)7-2;1-5-6(2,3)4/h7,9H,2,6,8H2,1,3-5H3;1H3,(H,2,3,4)/q+1;/p-1. The van der Waals surface area contributed by atoms with Crippen LogP contribution in [0.3, 0.4) is 0 Å². The van der Waals surface area contributed by atoms with Gasteiger partial charge in [-0.1, -0.05) is 13.5 Å². The number of carbonyl (C=O) groups is 1. The van der Waals surface area contributed by atoms with Gasteiger partial charge in [-0.05, 0) is 6.42 Å². The zero-order valence-electron chi connectivity index (χ0n) is 12.1. The number of nitrogens with zero attached hydrogens (tertiary/aromatic N) is 1. The lowest BCUT2D eigenvalue weighted by Crippen LogP contribution is -2.47. The predicted octanol–water partition coefficient (Wildman–Crippen LogP) is 0.641. The van der Waals surface area contributed by atoms with Gasteiger partial charge in [-0.15, -0.1) is 0 Å². The minimum absolute atomic E-state index is 0.0736. The molecule has 0 aliphatic rings. The van der Waals surface area contributed by atoms with Gasteiger partial charge >= 0.3 is 5.97 Å². The maximum atomic E-state index is 11.0. The van der Waals surface area contributed by atoms with E-state index in [9.17, 15) is 17.8 Å². The number of carbonyl (C=O) groups excluding carboxylic acids is 1. The van der Waals surface area contributed by atoms with Crippen molar-refractivity contribution in [3.63, 3.8) is 0 Å².